The highest BCUT2D eigenvalue weighted by Gasteiger charge is 1.97. The second kappa shape index (κ2) is 6.39. The molecule has 5 nitrogen and oxygen atoms in total. The second-order valence-corrected chi connectivity index (χ2v) is 3.88. The van der Waals surface area contributed by atoms with Crippen LogP contribution in [0.1, 0.15) is 5.69 Å². The summed E-state index contributed by atoms with van der Waals surface area (Å²) in [5, 5.41) is 3.01. The van der Waals surface area contributed by atoms with Gasteiger partial charge in [0.2, 0.25) is 0 Å². The summed E-state index contributed by atoms with van der Waals surface area (Å²) in [6.45, 7) is 0.454. The van der Waals surface area contributed by atoms with Crippen molar-refractivity contribution in [1.29, 1.82) is 0 Å². The van der Waals surface area contributed by atoms with Crippen LogP contribution in [0, 0.1) is 0 Å². The lowest BCUT2D eigenvalue weighted by atomic mass is 10.3. The molecule has 5 heteroatoms. The van der Waals surface area contributed by atoms with Gasteiger partial charge in [0.25, 0.3) is 0 Å². The van der Waals surface area contributed by atoms with Crippen LogP contribution >= 0.6 is 0 Å². The quantitative estimate of drug-likeness (QED) is 0.648. The molecule has 0 amide bonds. The average Bonchev–Trinajstić information content (AvgIpc) is 2.47. The minimum atomic E-state index is 0.357. The Morgan fingerprint density at radius 3 is 2.68 bits per heavy atom. The summed E-state index contributed by atoms with van der Waals surface area (Å²) in [5.41, 5.74) is 7.54. The number of ether oxygens (including phenoxy) is 1. The van der Waals surface area contributed by atoms with Gasteiger partial charge in [-0.05, 0) is 36.4 Å². The first kappa shape index (κ1) is 12.9. The molecule has 1 aromatic carbocycles. The monoisotopic (exact) mass is 256 g/mol. The number of aromatic nitrogens is 1. The molecular weight excluding hydrogens is 240 g/mol. The SMILES string of the molecule is COc1ccc(NC(N)=NCc2ccccn2)cc1. The van der Waals surface area contributed by atoms with Crippen molar-refractivity contribution in [3.63, 3.8) is 0 Å². The predicted molar refractivity (Wildman–Crippen MR) is 76.2 cm³/mol. The average molecular weight is 256 g/mol. The van der Waals surface area contributed by atoms with Crippen LogP contribution in [0.2, 0.25) is 0 Å². The third-order valence-electron chi connectivity index (χ3n) is 2.50. The number of aliphatic imine (C=N–C) groups is 1. The number of nitrogens with two attached hydrogens (primary N) is 1. The summed E-state index contributed by atoms with van der Waals surface area (Å²) in [7, 11) is 1.63. The normalized spacial score (nSPS) is 11.1. The maximum atomic E-state index is 5.80. The molecule has 2 rings (SSSR count). The van der Waals surface area contributed by atoms with Crippen LogP contribution in [-0.4, -0.2) is 18.1 Å². The number of nitrogens with one attached hydrogen (secondary N) is 1. The van der Waals surface area contributed by atoms with Crippen molar-refractivity contribution in [2.75, 3.05) is 12.4 Å². The van der Waals surface area contributed by atoms with Crippen molar-refractivity contribution < 1.29 is 4.74 Å². The molecule has 0 bridgehead atoms. The molecule has 0 saturated carbocycles. The number of anilines is 1. The zero-order valence-corrected chi connectivity index (χ0v) is 10.7. The van der Waals surface area contributed by atoms with Gasteiger partial charge < -0.3 is 15.8 Å². The molecule has 0 aliphatic heterocycles. The molecule has 2 aromatic rings. The van der Waals surface area contributed by atoms with Crippen LogP contribution in [0.25, 0.3) is 0 Å². The summed E-state index contributed by atoms with van der Waals surface area (Å²) < 4.78 is 5.08. The van der Waals surface area contributed by atoms with Gasteiger partial charge in [0, 0.05) is 11.9 Å². The van der Waals surface area contributed by atoms with Crippen LogP contribution in [0.5, 0.6) is 5.75 Å². The fraction of sp³-hybridized carbons (Fsp3) is 0.143. The maximum absolute atomic E-state index is 5.80. The van der Waals surface area contributed by atoms with E-state index in [1.165, 1.54) is 0 Å². The van der Waals surface area contributed by atoms with Crippen molar-refractivity contribution in [2.24, 2.45) is 10.7 Å². The summed E-state index contributed by atoms with van der Waals surface area (Å²) in [4.78, 5) is 8.40. The topological polar surface area (TPSA) is 72.5 Å². The first-order valence-electron chi connectivity index (χ1n) is 5.89. The van der Waals surface area contributed by atoms with E-state index < -0.39 is 0 Å². The Balaban J connectivity index is 1.94. The van der Waals surface area contributed by atoms with Crippen molar-refractivity contribution in [2.45, 2.75) is 6.54 Å². The molecular formula is C14H16N4O. The first-order chi connectivity index (χ1) is 9.28. The van der Waals surface area contributed by atoms with Gasteiger partial charge in [-0.2, -0.15) is 0 Å². The highest BCUT2D eigenvalue weighted by molar-refractivity contribution is 5.92. The minimum Gasteiger partial charge on any atom is -0.497 e. The lowest BCUT2D eigenvalue weighted by Crippen LogP contribution is -2.22. The predicted octanol–water partition coefficient (Wildman–Crippen LogP) is 2.02. The third-order valence-corrected chi connectivity index (χ3v) is 2.50. The van der Waals surface area contributed by atoms with E-state index in [-0.39, 0.29) is 0 Å². The van der Waals surface area contributed by atoms with Crippen molar-refractivity contribution in [3.8, 4) is 5.75 Å². The van der Waals surface area contributed by atoms with Crippen LogP contribution in [-0.2, 0) is 6.54 Å². The van der Waals surface area contributed by atoms with Crippen LogP contribution < -0.4 is 15.8 Å². The molecule has 3 N–H and O–H groups in total. The van der Waals surface area contributed by atoms with Crippen molar-refractivity contribution in [1.82, 2.24) is 4.98 Å². The van der Waals surface area contributed by atoms with Crippen molar-refractivity contribution >= 4 is 11.6 Å². The van der Waals surface area contributed by atoms with Crippen molar-refractivity contribution in [3.05, 3.63) is 54.4 Å². The molecule has 98 valence electrons. The zero-order valence-electron chi connectivity index (χ0n) is 10.7. The molecule has 0 aliphatic carbocycles. The van der Waals surface area contributed by atoms with Gasteiger partial charge in [-0.3, -0.25) is 4.98 Å². The molecule has 0 fully saturated rings. The Kier molecular flexibility index (Phi) is 4.34. The Hall–Kier alpha value is -2.56. The molecule has 0 spiro atoms. The van der Waals surface area contributed by atoms with E-state index >= 15 is 0 Å². The fourth-order valence-corrected chi connectivity index (χ4v) is 1.52. The summed E-state index contributed by atoms with van der Waals surface area (Å²) >= 11 is 0. The van der Waals surface area contributed by atoms with E-state index in [4.69, 9.17) is 10.5 Å². The highest BCUT2D eigenvalue weighted by atomic mass is 16.5. The molecule has 19 heavy (non-hydrogen) atoms. The number of hydrogen-bond donors (Lipinski definition) is 2. The van der Waals surface area contributed by atoms with E-state index in [1.807, 2.05) is 42.5 Å². The smallest absolute Gasteiger partial charge is 0.193 e. The van der Waals surface area contributed by atoms with Gasteiger partial charge in [0.15, 0.2) is 5.96 Å². The number of hydrogen-bond acceptors (Lipinski definition) is 3. The Bertz CT molecular complexity index is 537. The van der Waals surface area contributed by atoms with E-state index in [9.17, 15) is 0 Å². The lowest BCUT2D eigenvalue weighted by molar-refractivity contribution is 0.415. The summed E-state index contributed by atoms with van der Waals surface area (Å²) in [6, 6.07) is 13.2. The van der Waals surface area contributed by atoms with E-state index in [2.05, 4.69) is 15.3 Å². The Morgan fingerprint density at radius 1 is 1.26 bits per heavy atom. The standard InChI is InChI=1S/C14H16N4O/c1-19-13-7-5-11(6-8-13)18-14(15)17-10-12-4-2-3-9-16-12/h2-9H,10H2,1H3,(H3,15,17,18). The second-order valence-electron chi connectivity index (χ2n) is 3.88. The largest absolute Gasteiger partial charge is 0.497 e. The molecule has 0 atom stereocenters. The highest BCUT2D eigenvalue weighted by Crippen LogP contribution is 2.14. The number of rotatable bonds is 4. The van der Waals surface area contributed by atoms with Crippen LogP contribution in [0.3, 0.4) is 0 Å². The molecule has 1 aromatic heterocycles. The van der Waals surface area contributed by atoms with Gasteiger partial charge in [-0.1, -0.05) is 6.07 Å². The number of guanidine groups is 1. The van der Waals surface area contributed by atoms with E-state index in [1.54, 1.807) is 13.3 Å². The van der Waals surface area contributed by atoms with Gasteiger partial charge >= 0.3 is 0 Å². The van der Waals surface area contributed by atoms with Gasteiger partial charge in [0.1, 0.15) is 5.75 Å². The number of pyridine rings is 1. The van der Waals surface area contributed by atoms with E-state index in [0.717, 1.165) is 17.1 Å². The number of benzene rings is 1. The molecule has 0 unspecified atom stereocenters. The molecule has 0 aliphatic rings. The lowest BCUT2D eigenvalue weighted by Gasteiger charge is -2.06. The summed E-state index contributed by atoms with van der Waals surface area (Å²) in [6.07, 6.45) is 1.73. The molecule has 0 saturated heterocycles. The van der Waals surface area contributed by atoms with Gasteiger partial charge in [-0.15, -0.1) is 0 Å². The first-order valence-corrected chi connectivity index (χ1v) is 5.89. The minimum absolute atomic E-state index is 0.357. The maximum Gasteiger partial charge on any atom is 0.193 e. The van der Waals surface area contributed by atoms with Gasteiger partial charge in [0.05, 0.1) is 19.3 Å². The summed E-state index contributed by atoms with van der Waals surface area (Å²) in [5.74, 6) is 1.16. The van der Waals surface area contributed by atoms with Crippen LogP contribution in [0.4, 0.5) is 5.69 Å². The number of nitrogens with zero attached hydrogens (tertiary/aromatic N) is 2. The Morgan fingerprint density at radius 2 is 2.05 bits per heavy atom. The van der Waals surface area contributed by atoms with Crippen LogP contribution in [0.15, 0.2) is 53.7 Å². The molecule has 0 radical (unpaired) electrons. The van der Waals surface area contributed by atoms with E-state index in [0.29, 0.717) is 12.5 Å². The Labute approximate surface area is 112 Å². The van der Waals surface area contributed by atoms with Gasteiger partial charge in [-0.25, -0.2) is 4.99 Å². The third kappa shape index (κ3) is 3.99. The fourth-order valence-electron chi connectivity index (χ4n) is 1.52. The zero-order chi connectivity index (χ0) is 13.5. The number of methoxy groups -OCH3 is 1. The molecule has 1 heterocycles.